The summed E-state index contributed by atoms with van der Waals surface area (Å²) in [5, 5.41) is 8.78. The van der Waals surface area contributed by atoms with Crippen LogP contribution in [0.4, 0.5) is 0 Å². The van der Waals surface area contributed by atoms with Gasteiger partial charge in [0.05, 0.1) is 6.61 Å². The fourth-order valence-corrected chi connectivity index (χ4v) is 2.92. The van der Waals surface area contributed by atoms with Crippen LogP contribution in [-0.4, -0.2) is 17.8 Å². The van der Waals surface area contributed by atoms with Crippen molar-refractivity contribution in [1.29, 1.82) is 0 Å². The van der Waals surface area contributed by atoms with Crippen LogP contribution in [0.3, 0.4) is 0 Å². The molecule has 0 unspecified atom stereocenters. The molecular weight excluding hydrogens is 150 g/mol. The molecule has 0 aromatic carbocycles. The van der Waals surface area contributed by atoms with E-state index in [9.17, 15) is 0 Å². The van der Waals surface area contributed by atoms with E-state index < -0.39 is 0 Å². The quantitative estimate of drug-likeness (QED) is 0.668. The van der Waals surface area contributed by atoms with Crippen molar-refractivity contribution in [3.05, 3.63) is 0 Å². The zero-order chi connectivity index (χ0) is 8.60. The maximum atomic E-state index is 8.78. The normalized spacial score (nSPS) is 29.5. The number of hydrogen-bond acceptors (Lipinski definition) is 2. The van der Waals surface area contributed by atoms with Crippen LogP contribution in [-0.2, 0) is 0 Å². The summed E-state index contributed by atoms with van der Waals surface area (Å²) >= 11 is 0. The van der Waals surface area contributed by atoms with Crippen molar-refractivity contribution in [3.63, 3.8) is 0 Å². The van der Waals surface area contributed by atoms with Gasteiger partial charge >= 0.3 is 0 Å². The van der Waals surface area contributed by atoms with Gasteiger partial charge in [0.15, 0.2) is 0 Å². The molecule has 2 nitrogen and oxygen atoms in total. The largest absolute Gasteiger partial charge is 0.395 e. The van der Waals surface area contributed by atoms with E-state index in [4.69, 9.17) is 10.8 Å². The lowest BCUT2D eigenvalue weighted by Gasteiger charge is -2.54. The molecule has 0 aromatic heterocycles. The summed E-state index contributed by atoms with van der Waals surface area (Å²) in [7, 11) is 0. The van der Waals surface area contributed by atoms with Crippen molar-refractivity contribution >= 4 is 0 Å². The Morgan fingerprint density at radius 3 is 2.50 bits per heavy atom. The molecule has 2 aliphatic rings. The van der Waals surface area contributed by atoms with E-state index in [1.807, 2.05) is 0 Å². The van der Waals surface area contributed by atoms with Gasteiger partial charge in [0.25, 0.3) is 0 Å². The highest BCUT2D eigenvalue weighted by molar-refractivity contribution is 4.99. The Morgan fingerprint density at radius 2 is 2.08 bits per heavy atom. The Bertz CT molecular complexity index is 154. The molecule has 12 heavy (non-hydrogen) atoms. The molecule has 1 atom stereocenters. The monoisotopic (exact) mass is 169 g/mol. The minimum Gasteiger partial charge on any atom is -0.395 e. The lowest BCUT2D eigenvalue weighted by Crippen LogP contribution is -2.44. The summed E-state index contributed by atoms with van der Waals surface area (Å²) in [5.41, 5.74) is 6.45. The van der Waals surface area contributed by atoms with Crippen LogP contribution in [0.2, 0.25) is 0 Å². The van der Waals surface area contributed by atoms with Gasteiger partial charge in [-0.15, -0.1) is 0 Å². The Kier molecular flexibility index (Phi) is 2.13. The van der Waals surface area contributed by atoms with E-state index in [-0.39, 0.29) is 12.6 Å². The Labute approximate surface area is 74.1 Å². The van der Waals surface area contributed by atoms with E-state index in [0.29, 0.717) is 0 Å². The summed E-state index contributed by atoms with van der Waals surface area (Å²) in [4.78, 5) is 0. The summed E-state index contributed by atoms with van der Waals surface area (Å²) < 4.78 is 0. The Morgan fingerprint density at radius 1 is 1.42 bits per heavy atom. The van der Waals surface area contributed by atoms with Gasteiger partial charge in [-0.05, 0) is 43.4 Å². The first kappa shape index (κ1) is 8.52. The molecule has 70 valence electrons. The van der Waals surface area contributed by atoms with Crippen LogP contribution in [0.15, 0.2) is 0 Å². The maximum Gasteiger partial charge on any atom is 0.0582 e. The van der Waals surface area contributed by atoms with Crippen LogP contribution in [0.5, 0.6) is 0 Å². The summed E-state index contributed by atoms with van der Waals surface area (Å²) in [6.07, 6.45) is 8.17. The minimum atomic E-state index is 0.0347. The van der Waals surface area contributed by atoms with Crippen molar-refractivity contribution in [1.82, 2.24) is 0 Å². The van der Waals surface area contributed by atoms with Crippen LogP contribution < -0.4 is 5.73 Å². The molecule has 0 heterocycles. The maximum absolute atomic E-state index is 8.78. The highest BCUT2D eigenvalue weighted by Crippen LogP contribution is 2.59. The average Bonchev–Trinajstić information content (AvgIpc) is 1.91. The molecule has 0 saturated heterocycles. The lowest BCUT2D eigenvalue weighted by molar-refractivity contribution is -0.0317. The van der Waals surface area contributed by atoms with Crippen LogP contribution in [0.25, 0.3) is 0 Å². The lowest BCUT2D eigenvalue weighted by atomic mass is 9.51. The van der Waals surface area contributed by atoms with Gasteiger partial charge in [0.2, 0.25) is 0 Å². The Balaban J connectivity index is 1.67. The van der Waals surface area contributed by atoms with Crippen molar-refractivity contribution in [2.75, 3.05) is 6.61 Å². The van der Waals surface area contributed by atoms with Gasteiger partial charge in [-0.2, -0.15) is 0 Å². The zero-order valence-corrected chi connectivity index (χ0v) is 7.63. The third kappa shape index (κ3) is 1.38. The van der Waals surface area contributed by atoms with Gasteiger partial charge in [0.1, 0.15) is 0 Å². The second kappa shape index (κ2) is 3.00. The van der Waals surface area contributed by atoms with Gasteiger partial charge < -0.3 is 10.8 Å². The van der Waals surface area contributed by atoms with E-state index >= 15 is 0 Å². The van der Waals surface area contributed by atoms with Crippen LogP contribution in [0.1, 0.15) is 38.5 Å². The number of rotatable bonds is 3. The summed E-state index contributed by atoms with van der Waals surface area (Å²) in [6, 6.07) is 0.0347. The molecule has 2 rings (SSSR count). The van der Waals surface area contributed by atoms with Crippen LogP contribution in [0, 0.1) is 11.3 Å². The van der Waals surface area contributed by atoms with E-state index in [1.165, 1.54) is 32.1 Å². The summed E-state index contributed by atoms with van der Waals surface area (Å²) in [6.45, 7) is 0.156. The van der Waals surface area contributed by atoms with E-state index in [0.717, 1.165) is 17.8 Å². The fourth-order valence-electron chi connectivity index (χ4n) is 2.92. The molecule has 0 radical (unpaired) electrons. The molecule has 0 aromatic rings. The molecular formula is C10H19NO. The predicted octanol–water partition coefficient (Wildman–Crippen LogP) is 1.28. The van der Waals surface area contributed by atoms with Crippen molar-refractivity contribution in [2.45, 2.75) is 44.6 Å². The first-order valence-electron chi connectivity index (χ1n) is 5.11. The predicted molar refractivity (Wildman–Crippen MR) is 48.7 cm³/mol. The molecule has 2 heteroatoms. The SMILES string of the molecule is N[C@@H](CO)CC1CC2(CCC2)C1. The van der Waals surface area contributed by atoms with E-state index in [2.05, 4.69) is 0 Å². The third-order valence-electron chi connectivity index (χ3n) is 3.73. The van der Waals surface area contributed by atoms with Gasteiger partial charge in [-0.1, -0.05) is 6.42 Å². The number of hydrogen-bond donors (Lipinski definition) is 2. The van der Waals surface area contributed by atoms with Gasteiger partial charge in [-0.25, -0.2) is 0 Å². The molecule has 2 fully saturated rings. The average molecular weight is 169 g/mol. The molecule has 2 aliphatic carbocycles. The minimum absolute atomic E-state index is 0.0347. The van der Waals surface area contributed by atoms with Gasteiger partial charge in [0, 0.05) is 6.04 Å². The van der Waals surface area contributed by atoms with Crippen molar-refractivity contribution < 1.29 is 5.11 Å². The van der Waals surface area contributed by atoms with Crippen LogP contribution >= 0.6 is 0 Å². The Hall–Kier alpha value is -0.0800. The third-order valence-corrected chi connectivity index (χ3v) is 3.73. The number of nitrogens with two attached hydrogens (primary N) is 1. The molecule has 1 spiro atoms. The smallest absolute Gasteiger partial charge is 0.0582 e. The molecule has 3 N–H and O–H groups in total. The second-order valence-electron chi connectivity index (χ2n) is 4.81. The fraction of sp³-hybridized carbons (Fsp3) is 1.00. The first-order valence-corrected chi connectivity index (χ1v) is 5.11. The standard InChI is InChI=1S/C10H19NO/c11-9(7-12)4-8-5-10(6-8)2-1-3-10/h8-9,12H,1-7,11H2/t9-/m1/s1. The highest BCUT2D eigenvalue weighted by atomic mass is 16.3. The van der Waals surface area contributed by atoms with Crippen molar-refractivity contribution in [2.24, 2.45) is 17.1 Å². The zero-order valence-electron chi connectivity index (χ0n) is 7.63. The molecule has 0 aliphatic heterocycles. The second-order valence-corrected chi connectivity index (χ2v) is 4.81. The highest BCUT2D eigenvalue weighted by Gasteiger charge is 2.47. The molecule has 0 amide bonds. The van der Waals surface area contributed by atoms with Crippen molar-refractivity contribution in [3.8, 4) is 0 Å². The topological polar surface area (TPSA) is 46.2 Å². The number of aliphatic hydroxyl groups excluding tert-OH is 1. The van der Waals surface area contributed by atoms with E-state index in [1.54, 1.807) is 0 Å². The molecule has 0 bridgehead atoms. The molecule has 2 saturated carbocycles. The van der Waals surface area contributed by atoms with Gasteiger partial charge in [-0.3, -0.25) is 0 Å². The summed E-state index contributed by atoms with van der Waals surface area (Å²) in [5.74, 6) is 0.826. The first-order chi connectivity index (χ1) is 5.74. The number of aliphatic hydroxyl groups is 1.